The van der Waals surface area contributed by atoms with E-state index in [-0.39, 0.29) is 5.75 Å². The number of carbonyl (C=O) groups excluding carboxylic acids is 1. The molecule has 0 aliphatic rings. The van der Waals surface area contributed by atoms with E-state index < -0.39 is 21.7 Å². The molecule has 0 spiro atoms. The van der Waals surface area contributed by atoms with Gasteiger partial charge in [0.25, 0.3) is 0 Å². The maximum atomic E-state index is 11.2. The van der Waals surface area contributed by atoms with E-state index in [9.17, 15) is 13.2 Å². The first-order valence-corrected chi connectivity index (χ1v) is 7.50. The lowest BCUT2D eigenvalue weighted by Crippen LogP contribution is -2.36. The minimum absolute atomic E-state index is 0.0422. The highest BCUT2D eigenvalue weighted by Gasteiger charge is 2.15. The van der Waals surface area contributed by atoms with Crippen LogP contribution in [0.5, 0.6) is 0 Å². The third-order valence-electron chi connectivity index (χ3n) is 1.75. The van der Waals surface area contributed by atoms with Crippen LogP contribution in [0.1, 0.15) is 27.2 Å². The van der Waals surface area contributed by atoms with Gasteiger partial charge in [-0.3, -0.25) is 0 Å². The van der Waals surface area contributed by atoms with E-state index in [1.54, 1.807) is 20.8 Å². The Hall–Kier alpha value is -0.860. The maximum absolute atomic E-state index is 11.2. The SMILES string of the molecule is CC(C)(C)OC(=O)NCCNCCCS(N)(=O)=O. The van der Waals surface area contributed by atoms with Crippen molar-refractivity contribution < 1.29 is 17.9 Å². The van der Waals surface area contributed by atoms with E-state index in [1.807, 2.05) is 0 Å². The normalized spacial score (nSPS) is 12.2. The summed E-state index contributed by atoms with van der Waals surface area (Å²) in [5.41, 5.74) is -0.507. The standard InChI is InChI=1S/C10H23N3O4S/c1-10(2,3)17-9(14)13-7-6-12-5-4-8-18(11,15)16/h12H,4-8H2,1-3H3,(H,13,14)(H2,11,15,16). The van der Waals surface area contributed by atoms with Crippen molar-refractivity contribution in [2.45, 2.75) is 32.8 Å². The molecule has 0 rings (SSSR count). The highest BCUT2D eigenvalue weighted by molar-refractivity contribution is 7.89. The fourth-order valence-electron chi connectivity index (χ4n) is 1.09. The zero-order chi connectivity index (χ0) is 14.2. The topological polar surface area (TPSA) is 111 Å². The molecule has 108 valence electrons. The lowest BCUT2D eigenvalue weighted by Gasteiger charge is -2.19. The Morgan fingerprint density at radius 3 is 2.33 bits per heavy atom. The molecule has 0 fully saturated rings. The van der Waals surface area contributed by atoms with Crippen LogP contribution in [-0.4, -0.2) is 45.5 Å². The Labute approximate surface area is 108 Å². The number of amides is 1. The van der Waals surface area contributed by atoms with Crippen LogP contribution in [0, 0.1) is 0 Å². The van der Waals surface area contributed by atoms with Crippen LogP contribution in [0.3, 0.4) is 0 Å². The number of hydrogen-bond acceptors (Lipinski definition) is 5. The van der Waals surface area contributed by atoms with Gasteiger partial charge in [-0.25, -0.2) is 18.4 Å². The molecule has 0 saturated carbocycles. The fraction of sp³-hybridized carbons (Fsp3) is 0.900. The van der Waals surface area contributed by atoms with E-state index in [0.29, 0.717) is 26.1 Å². The molecule has 18 heavy (non-hydrogen) atoms. The molecule has 0 aliphatic heterocycles. The second-order valence-corrected chi connectivity index (χ2v) is 6.63. The van der Waals surface area contributed by atoms with Gasteiger partial charge in [0, 0.05) is 13.1 Å². The number of rotatable bonds is 7. The summed E-state index contributed by atoms with van der Waals surface area (Å²) < 4.78 is 26.3. The van der Waals surface area contributed by atoms with E-state index >= 15 is 0 Å². The van der Waals surface area contributed by atoms with Gasteiger partial charge in [0.1, 0.15) is 5.60 Å². The number of sulfonamides is 1. The summed E-state index contributed by atoms with van der Waals surface area (Å²) >= 11 is 0. The lowest BCUT2D eigenvalue weighted by molar-refractivity contribution is 0.0528. The minimum Gasteiger partial charge on any atom is -0.444 e. The molecule has 7 nitrogen and oxygen atoms in total. The molecule has 0 aliphatic carbocycles. The summed E-state index contributed by atoms with van der Waals surface area (Å²) in [6, 6.07) is 0. The second-order valence-electron chi connectivity index (χ2n) is 4.90. The molecule has 0 atom stereocenters. The van der Waals surface area contributed by atoms with Crippen LogP contribution >= 0.6 is 0 Å². The van der Waals surface area contributed by atoms with E-state index in [0.717, 1.165) is 0 Å². The van der Waals surface area contributed by atoms with Crippen molar-refractivity contribution in [2.24, 2.45) is 5.14 Å². The van der Waals surface area contributed by atoms with Gasteiger partial charge in [-0.05, 0) is 33.7 Å². The van der Waals surface area contributed by atoms with Crippen molar-refractivity contribution in [3.05, 3.63) is 0 Å². The molecule has 0 heterocycles. The van der Waals surface area contributed by atoms with Crippen LogP contribution in [0.15, 0.2) is 0 Å². The van der Waals surface area contributed by atoms with Gasteiger partial charge in [0.15, 0.2) is 0 Å². The average molecular weight is 281 g/mol. The fourth-order valence-corrected chi connectivity index (χ4v) is 1.64. The molecular formula is C10H23N3O4S. The van der Waals surface area contributed by atoms with Gasteiger partial charge in [-0.15, -0.1) is 0 Å². The molecule has 0 aromatic carbocycles. The number of carbonyl (C=O) groups is 1. The minimum atomic E-state index is -3.38. The molecular weight excluding hydrogens is 258 g/mol. The summed E-state index contributed by atoms with van der Waals surface area (Å²) in [6.45, 7) is 6.87. The molecule has 0 aromatic heterocycles. The van der Waals surface area contributed by atoms with E-state index in [4.69, 9.17) is 9.88 Å². The van der Waals surface area contributed by atoms with Crippen LogP contribution in [0.25, 0.3) is 0 Å². The lowest BCUT2D eigenvalue weighted by atomic mass is 10.2. The monoisotopic (exact) mass is 281 g/mol. The highest BCUT2D eigenvalue weighted by Crippen LogP contribution is 2.05. The Bertz CT molecular complexity index is 349. The zero-order valence-electron chi connectivity index (χ0n) is 11.2. The zero-order valence-corrected chi connectivity index (χ0v) is 12.0. The Morgan fingerprint density at radius 1 is 1.22 bits per heavy atom. The van der Waals surface area contributed by atoms with Crippen molar-refractivity contribution in [3.63, 3.8) is 0 Å². The predicted molar refractivity (Wildman–Crippen MR) is 69.7 cm³/mol. The number of nitrogens with one attached hydrogen (secondary N) is 2. The van der Waals surface area contributed by atoms with Gasteiger partial charge >= 0.3 is 6.09 Å². The third kappa shape index (κ3) is 13.2. The van der Waals surface area contributed by atoms with Gasteiger partial charge in [-0.2, -0.15) is 0 Å². The first-order chi connectivity index (χ1) is 8.10. The number of alkyl carbamates (subject to hydrolysis) is 1. The maximum Gasteiger partial charge on any atom is 0.407 e. The van der Waals surface area contributed by atoms with Crippen LogP contribution in [-0.2, 0) is 14.8 Å². The van der Waals surface area contributed by atoms with Crippen molar-refractivity contribution >= 4 is 16.1 Å². The van der Waals surface area contributed by atoms with Gasteiger partial charge < -0.3 is 15.4 Å². The number of ether oxygens (including phenoxy) is 1. The van der Waals surface area contributed by atoms with E-state index in [1.165, 1.54) is 0 Å². The molecule has 0 radical (unpaired) electrons. The van der Waals surface area contributed by atoms with Gasteiger partial charge in [0.05, 0.1) is 5.75 Å². The quantitative estimate of drug-likeness (QED) is 0.559. The van der Waals surface area contributed by atoms with Crippen molar-refractivity contribution in [1.82, 2.24) is 10.6 Å². The first-order valence-electron chi connectivity index (χ1n) is 5.78. The summed E-state index contributed by atoms with van der Waals surface area (Å²) in [5.74, 6) is -0.0422. The molecule has 0 unspecified atom stereocenters. The molecule has 0 bridgehead atoms. The number of nitrogens with two attached hydrogens (primary N) is 1. The number of primary sulfonamides is 1. The van der Waals surface area contributed by atoms with Crippen molar-refractivity contribution in [3.8, 4) is 0 Å². The molecule has 1 amide bonds. The summed E-state index contributed by atoms with van der Waals surface area (Å²) in [4.78, 5) is 11.2. The van der Waals surface area contributed by atoms with Gasteiger partial charge in [-0.1, -0.05) is 0 Å². The van der Waals surface area contributed by atoms with Crippen LogP contribution < -0.4 is 15.8 Å². The molecule has 0 saturated heterocycles. The smallest absolute Gasteiger partial charge is 0.407 e. The Morgan fingerprint density at radius 2 is 1.83 bits per heavy atom. The van der Waals surface area contributed by atoms with Gasteiger partial charge in [0.2, 0.25) is 10.0 Å². The summed E-state index contributed by atoms with van der Waals surface area (Å²) in [5, 5.41) is 10.4. The second kappa shape index (κ2) is 7.55. The summed E-state index contributed by atoms with van der Waals surface area (Å²) in [6.07, 6.45) is -0.0144. The molecule has 0 aromatic rings. The number of hydrogen-bond donors (Lipinski definition) is 3. The van der Waals surface area contributed by atoms with Crippen molar-refractivity contribution in [2.75, 3.05) is 25.4 Å². The molecule has 8 heteroatoms. The van der Waals surface area contributed by atoms with Crippen LogP contribution in [0.2, 0.25) is 0 Å². The predicted octanol–water partition coefficient (Wildman–Crippen LogP) is -0.221. The largest absolute Gasteiger partial charge is 0.444 e. The first kappa shape index (κ1) is 17.1. The van der Waals surface area contributed by atoms with Crippen molar-refractivity contribution in [1.29, 1.82) is 0 Å². The Kier molecular flexibility index (Phi) is 7.19. The highest BCUT2D eigenvalue weighted by atomic mass is 32.2. The third-order valence-corrected chi connectivity index (χ3v) is 2.61. The Balaban J connectivity index is 3.44. The molecule has 4 N–H and O–H groups in total. The summed E-state index contributed by atoms with van der Waals surface area (Å²) in [7, 11) is -3.38. The van der Waals surface area contributed by atoms with E-state index in [2.05, 4.69) is 10.6 Å². The average Bonchev–Trinajstić information content (AvgIpc) is 2.11. The van der Waals surface area contributed by atoms with Crippen LogP contribution in [0.4, 0.5) is 4.79 Å².